The monoisotopic (exact) mass is 342 g/mol. The van der Waals surface area contributed by atoms with E-state index in [0.29, 0.717) is 11.5 Å². The van der Waals surface area contributed by atoms with E-state index in [0.717, 1.165) is 29.6 Å². The SMILES string of the molecule is CC(C)CC(CBr)(CBr)CCOC(C)C. The average molecular weight is 344 g/mol. The third kappa shape index (κ3) is 6.96. The van der Waals surface area contributed by atoms with Crippen molar-refractivity contribution in [3.63, 3.8) is 0 Å². The molecule has 0 bridgehead atoms. The number of halogens is 2. The maximum Gasteiger partial charge on any atom is 0.0518 e. The largest absolute Gasteiger partial charge is 0.379 e. The number of ether oxygens (including phenoxy) is 1. The molecule has 0 fully saturated rings. The fourth-order valence-corrected chi connectivity index (χ4v) is 3.70. The Hall–Kier alpha value is 0.920. The van der Waals surface area contributed by atoms with Gasteiger partial charge in [0.15, 0.2) is 0 Å². The van der Waals surface area contributed by atoms with Crippen molar-refractivity contribution in [2.75, 3.05) is 17.3 Å². The van der Waals surface area contributed by atoms with Crippen LogP contribution in [-0.4, -0.2) is 23.4 Å². The van der Waals surface area contributed by atoms with Crippen LogP contribution in [0.4, 0.5) is 0 Å². The molecule has 0 amide bonds. The summed E-state index contributed by atoms with van der Waals surface area (Å²) in [5.41, 5.74) is 0.350. The van der Waals surface area contributed by atoms with Crippen molar-refractivity contribution in [2.24, 2.45) is 11.3 Å². The Bertz CT molecular complexity index is 154. The zero-order chi connectivity index (χ0) is 11.9. The first-order valence-corrected chi connectivity index (χ1v) is 7.93. The van der Waals surface area contributed by atoms with Gasteiger partial charge in [-0.05, 0) is 38.0 Å². The lowest BCUT2D eigenvalue weighted by Gasteiger charge is -2.32. The second kappa shape index (κ2) is 8.08. The van der Waals surface area contributed by atoms with Crippen LogP contribution in [0.5, 0.6) is 0 Å². The van der Waals surface area contributed by atoms with Crippen molar-refractivity contribution >= 4 is 31.9 Å². The first kappa shape index (κ1) is 15.9. The van der Waals surface area contributed by atoms with Crippen LogP contribution in [0.3, 0.4) is 0 Å². The molecule has 0 radical (unpaired) electrons. The summed E-state index contributed by atoms with van der Waals surface area (Å²) < 4.78 is 5.64. The Balaban J connectivity index is 4.11. The van der Waals surface area contributed by atoms with Crippen molar-refractivity contribution in [1.82, 2.24) is 0 Å². The predicted octanol–water partition coefficient (Wildman–Crippen LogP) is 4.62. The van der Waals surface area contributed by atoms with E-state index in [4.69, 9.17) is 4.74 Å². The molecule has 0 aliphatic heterocycles. The highest BCUT2D eigenvalue weighted by molar-refractivity contribution is 9.09. The topological polar surface area (TPSA) is 9.23 Å². The van der Waals surface area contributed by atoms with Crippen LogP contribution in [0.1, 0.15) is 40.5 Å². The third-order valence-electron chi connectivity index (χ3n) is 2.49. The Labute approximate surface area is 112 Å². The Kier molecular flexibility index (Phi) is 8.57. The zero-order valence-electron chi connectivity index (χ0n) is 10.4. The molecule has 0 aromatic rings. The van der Waals surface area contributed by atoms with Gasteiger partial charge in [-0.3, -0.25) is 0 Å². The normalized spacial score (nSPS) is 12.8. The second-order valence-electron chi connectivity index (χ2n) is 5.03. The van der Waals surface area contributed by atoms with Gasteiger partial charge in [0.05, 0.1) is 6.10 Å². The van der Waals surface area contributed by atoms with Gasteiger partial charge in [0.1, 0.15) is 0 Å². The fourth-order valence-electron chi connectivity index (χ4n) is 1.76. The van der Waals surface area contributed by atoms with Crippen molar-refractivity contribution < 1.29 is 4.74 Å². The molecule has 0 aromatic heterocycles. The summed E-state index contributed by atoms with van der Waals surface area (Å²) in [6.07, 6.45) is 2.71. The number of rotatable bonds is 8. The minimum atomic E-state index is 0.340. The Morgan fingerprint density at radius 2 is 1.60 bits per heavy atom. The summed E-state index contributed by atoms with van der Waals surface area (Å²) in [6.45, 7) is 9.60. The van der Waals surface area contributed by atoms with Gasteiger partial charge in [-0.1, -0.05) is 45.7 Å². The summed E-state index contributed by atoms with van der Waals surface area (Å²) in [5, 5.41) is 2.09. The van der Waals surface area contributed by atoms with Crippen molar-refractivity contribution in [3.05, 3.63) is 0 Å². The smallest absolute Gasteiger partial charge is 0.0518 e. The van der Waals surface area contributed by atoms with E-state index in [-0.39, 0.29) is 0 Å². The summed E-state index contributed by atoms with van der Waals surface area (Å²) in [5.74, 6) is 0.735. The molecule has 1 nitrogen and oxygen atoms in total. The highest BCUT2D eigenvalue weighted by atomic mass is 79.9. The second-order valence-corrected chi connectivity index (χ2v) is 6.16. The lowest BCUT2D eigenvalue weighted by Crippen LogP contribution is -2.29. The molecule has 3 heteroatoms. The van der Waals surface area contributed by atoms with E-state index in [1.165, 1.54) is 6.42 Å². The summed E-state index contributed by atoms with van der Waals surface area (Å²) in [4.78, 5) is 0. The van der Waals surface area contributed by atoms with E-state index in [1.807, 2.05) is 0 Å². The van der Waals surface area contributed by atoms with E-state index in [9.17, 15) is 0 Å². The van der Waals surface area contributed by atoms with Gasteiger partial charge in [0, 0.05) is 17.3 Å². The first-order valence-electron chi connectivity index (χ1n) is 5.69. The van der Waals surface area contributed by atoms with E-state index >= 15 is 0 Å². The lowest BCUT2D eigenvalue weighted by molar-refractivity contribution is 0.0558. The van der Waals surface area contributed by atoms with Crippen LogP contribution in [0.2, 0.25) is 0 Å². The predicted molar refractivity (Wildman–Crippen MR) is 75.2 cm³/mol. The quantitative estimate of drug-likeness (QED) is 0.584. The van der Waals surface area contributed by atoms with E-state index in [2.05, 4.69) is 59.6 Å². The Morgan fingerprint density at radius 1 is 1.07 bits per heavy atom. The van der Waals surface area contributed by atoms with Crippen LogP contribution < -0.4 is 0 Å². The minimum Gasteiger partial charge on any atom is -0.379 e. The summed E-state index contributed by atoms with van der Waals surface area (Å²) in [6, 6.07) is 0. The van der Waals surface area contributed by atoms with Gasteiger partial charge in [-0.15, -0.1) is 0 Å². The molecule has 0 heterocycles. The van der Waals surface area contributed by atoms with Gasteiger partial charge in [-0.25, -0.2) is 0 Å². The van der Waals surface area contributed by atoms with Gasteiger partial charge in [0.2, 0.25) is 0 Å². The van der Waals surface area contributed by atoms with Crippen LogP contribution in [0.25, 0.3) is 0 Å². The molecular weight excluding hydrogens is 320 g/mol. The van der Waals surface area contributed by atoms with Crippen LogP contribution in [0, 0.1) is 11.3 Å². The van der Waals surface area contributed by atoms with Crippen molar-refractivity contribution in [2.45, 2.75) is 46.6 Å². The van der Waals surface area contributed by atoms with Gasteiger partial charge in [0.25, 0.3) is 0 Å². The molecule has 0 aromatic carbocycles. The highest BCUT2D eigenvalue weighted by Gasteiger charge is 2.28. The number of hydrogen-bond donors (Lipinski definition) is 0. The molecule has 0 saturated carbocycles. The molecule has 15 heavy (non-hydrogen) atoms. The van der Waals surface area contributed by atoms with Gasteiger partial charge in [-0.2, -0.15) is 0 Å². The maximum absolute atomic E-state index is 5.64. The maximum atomic E-state index is 5.64. The molecule has 0 atom stereocenters. The van der Waals surface area contributed by atoms with Crippen molar-refractivity contribution in [1.29, 1.82) is 0 Å². The fraction of sp³-hybridized carbons (Fsp3) is 1.00. The molecule has 0 unspecified atom stereocenters. The lowest BCUT2D eigenvalue weighted by atomic mass is 9.81. The molecule has 92 valence electrons. The number of hydrogen-bond acceptors (Lipinski definition) is 1. The van der Waals surface area contributed by atoms with Gasteiger partial charge < -0.3 is 4.74 Å². The Morgan fingerprint density at radius 3 is 1.93 bits per heavy atom. The highest BCUT2D eigenvalue weighted by Crippen LogP contribution is 2.34. The molecule has 0 aliphatic carbocycles. The van der Waals surface area contributed by atoms with E-state index < -0.39 is 0 Å². The standard InChI is InChI=1S/C12H24Br2O/c1-10(2)7-12(8-13,9-14)5-6-15-11(3)4/h10-11H,5-9H2,1-4H3. The number of alkyl halides is 2. The van der Waals surface area contributed by atoms with Crippen LogP contribution in [-0.2, 0) is 4.74 Å². The van der Waals surface area contributed by atoms with E-state index in [1.54, 1.807) is 0 Å². The molecule has 0 N–H and O–H groups in total. The van der Waals surface area contributed by atoms with Crippen LogP contribution in [0.15, 0.2) is 0 Å². The summed E-state index contributed by atoms with van der Waals surface area (Å²) >= 11 is 7.29. The van der Waals surface area contributed by atoms with Crippen LogP contribution >= 0.6 is 31.9 Å². The molecule has 0 saturated heterocycles. The zero-order valence-corrected chi connectivity index (χ0v) is 13.5. The molecule has 0 spiro atoms. The minimum absolute atomic E-state index is 0.340. The molecule has 0 rings (SSSR count). The molecule has 0 aliphatic rings. The first-order chi connectivity index (χ1) is 6.95. The summed E-state index contributed by atoms with van der Waals surface area (Å²) in [7, 11) is 0. The average Bonchev–Trinajstić information content (AvgIpc) is 2.15. The van der Waals surface area contributed by atoms with Crippen molar-refractivity contribution in [3.8, 4) is 0 Å². The third-order valence-corrected chi connectivity index (χ3v) is 4.87. The van der Waals surface area contributed by atoms with Gasteiger partial charge >= 0.3 is 0 Å². The molecular formula is C12H24Br2O.